The molecular weight excluding hydrogens is 726 g/mol. The number of halogens is 7. The number of alkyl halides is 2. The van der Waals surface area contributed by atoms with E-state index in [-0.39, 0.29) is 45.9 Å². The lowest BCUT2D eigenvalue weighted by atomic mass is 9.85. The molecule has 2 saturated carbocycles. The van der Waals surface area contributed by atoms with Crippen molar-refractivity contribution < 1.29 is 41.8 Å². The van der Waals surface area contributed by atoms with Crippen molar-refractivity contribution in [2.45, 2.75) is 42.8 Å². The lowest BCUT2D eigenvalue weighted by molar-refractivity contribution is 0.0684. The molecule has 17 heteroatoms. The van der Waals surface area contributed by atoms with Crippen LogP contribution in [0.5, 0.6) is 0 Å². The molecule has 1 saturated heterocycles. The second-order valence-electron chi connectivity index (χ2n) is 12.9. The molecule has 2 unspecified atom stereocenters. The van der Waals surface area contributed by atoms with Crippen molar-refractivity contribution in [3.63, 3.8) is 0 Å². The number of fused-ring (bicyclic) bond motifs is 3. The molecule has 8 rings (SSSR count). The van der Waals surface area contributed by atoms with Gasteiger partial charge in [0.25, 0.3) is 0 Å². The molecule has 4 N–H and O–H groups in total. The molecule has 6 atom stereocenters. The highest BCUT2D eigenvalue weighted by Gasteiger charge is 2.45. The molecule has 2 aromatic heterocycles. The van der Waals surface area contributed by atoms with Crippen molar-refractivity contribution in [3.05, 3.63) is 108 Å². The quantitative estimate of drug-likeness (QED) is 0.168. The van der Waals surface area contributed by atoms with Gasteiger partial charge in [0, 0.05) is 44.2 Å². The summed E-state index contributed by atoms with van der Waals surface area (Å²) in [5.74, 6) is -6.51. The lowest BCUT2D eigenvalue weighted by Gasteiger charge is -2.27. The molecule has 0 amide bonds. The molecule has 4 aliphatic rings. The topological polar surface area (TPSA) is 148 Å². The van der Waals surface area contributed by atoms with Crippen LogP contribution in [0.15, 0.2) is 58.4 Å². The number of carboxylic acids is 2. The largest absolute Gasteiger partial charge is 0.477 e. The van der Waals surface area contributed by atoms with Crippen LogP contribution in [0.3, 0.4) is 0 Å². The predicted molar refractivity (Wildman–Crippen MR) is 178 cm³/mol. The maximum Gasteiger partial charge on any atom is 0.341 e. The zero-order valence-corrected chi connectivity index (χ0v) is 27.4. The van der Waals surface area contributed by atoms with Crippen LogP contribution in [0.1, 0.15) is 45.6 Å². The number of benzene rings is 2. The summed E-state index contributed by atoms with van der Waals surface area (Å²) in [6.07, 6.45) is 7.41. The zero-order chi connectivity index (χ0) is 36.8. The standard InChI is InChI=1S/C21H18ClF2N3O3.C13H7ClF3NO3/c22-16-17-11(19(28)12(20(29)30)8-27(17)15-6-13(15)23)5-14(24)18(16)26-7-10-3-1-2-4-21(10,25)9-26;14-9-10(17)7(16)1-4-11(9)18(8-2-6(8)15)3-5(12(4)19)13(20)21/h1-5,8,10,13,15H,6-7,9,25H2,(H,29,30);1,3,6,8H,2H2,(H,20,21)/t10-,13?,15?,21-;6-,8+/m01/s1. The fourth-order valence-electron chi connectivity index (χ4n) is 6.79. The number of pyridine rings is 2. The number of hydrogen-bond acceptors (Lipinski definition) is 6. The minimum Gasteiger partial charge on any atom is -0.477 e. The van der Waals surface area contributed by atoms with Gasteiger partial charge in [0.05, 0.1) is 50.1 Å². The van der Waals surface area contributed by atoms with E-state index >= 15 is 4.39 Å². The number of allylic oxidation sites excluding steroid dienone is 2. The van der Waals surface area contributed by atoms with Crippen molar-refractivity contribution in [2.24, 2.45) is 11.7 Å². The summed E-state index contributed by atoms with van der Waals surface area (Å²) < 4.78 is 71.8. The van der Waals surface area contributed by atoms with Crippen molar-refractivity contribution >= 4 is 62.6 Å². The first-order chi connectivity index (χ1) is 24.0. The average Bonchev–Trinajstić information content (AvgIpc) is 3.95. The van der Waals surface area contributed by atoms with Gasteiger partial charge in [-0.3, -0.25) is 9.59 Å². The highest BCUT2D eigenvalue weighted by atomic mass is 35.5. The van der Waals surface area contributed by atoms with Crippen molar-refractivity contribution in [3.8, 4) is 0 Å². The molecule has 3 fully saturated rings. The Morgan fingerprint density at radius 3 is 1.78 bits per heavy atom. The van der Waals surface area contributed by atoms with Gasteiger partial charge in [-0.05, 0) is 12.1 Å². The first-order valence-corrected chi connectivity index (χ1v) is 16.2. The number of aromatic nitrogens is 2. The van der Waals surface area contributed by atoms with E-state index in [4.69, 9.17) is 34.0 Å². The SMILES string of the molecule is N[C@]12C=CC=C[C@H]1CN(c1c(F)cc3c(=O)c(C(=O)O)cn(C4CC4F)c3c1Cl)C2.O=C(O)c1cn([C@H]2C[C@H]2F)c2c(Cl)c(F)c(F)cc2c1=O. The highest BCUT2D eigenvalue weighted by molar-refractivity contribution is 6.38. The van der Waals surface area contributed by atoms with E-state index in [1.165, 1.54) is 4.57 Å². The summed E-state index contributed by atoms with van der Waals surface area (Å²) in [5, 5.41) is 17.1. The Morgan fingerprint density at radius 2 is 1.31 bits per heavy atom. The van der Waals surface area contributed by atoms with Gasteiger partial charge in [0.15, 0.2) is 11.6 Å². The molecule has 0 bridgehead atoms. The summed E-state index contributed by atoms with van der Waals surface area (Å²) in [6, 6.07) is 0.189. The van der Waals surface area contributed by atoms with Crippen molar-refractivity contribution in [2.75, 3.05) is 18.0 Å². The van der Waals surface area contributed by atoms with Gasteiger partial charge in [-0.15, -0.1) is 0 Å². The van der Waals surface area contributed by atoms with Crippen LogP contribution in [0, 0.1) is 23.4 Å². The van der Waals surface area contributed by atoms with Crippen LogP contribution in [-0.4, -0.2) is 62.3 Å². The molecule has 1 aliphatic heterocycles. The number of anilines is 1. The highest BCUT2D eigenvalue weighted by Crippen LogP contribution is 2.46. The van der Waals surface area contributed by atoms with Gasteiger partial charge in [-0.1, -0.05) is 47.5 Å². The van der Waals surface area contributed by atoms with Gasteiger partial charge in [0.2, 0.25) is 10.9 Å². The second kappa shape index (κ2) is 12.2. The fourth-order valence-corrected chi connectivity index (χ4v) is 7.49. The van der Waals surface area contributed by atoms with E-state index in [1.54, 1.807) is 4.90 Å². The predicted octanol–water partition coefficient (Wildman–Crippen LogP) is 5.95. The summed E-state index contributed by atoms with van der Waals surface area (Å²) in [5.41, 5.74) is 2.78. The monoisotopic (exact) mass is 750 g/mol. The lowest BCUT2D eigenvalue weighted by Crippen LogP contribution is -2.46. The number of nitrogens with zero attached hydrogens (tertiary/aromatic N) is 3. The van der Waals surface area contributed by atoms with Gasteiger partial charge >= 0.3 is 11.9 Å². The number of aromatic carboxylic acids is 2. The molecule has 2 aromatic carbocycles. The third-order valence-electron chi connectivity index (χ3n) is 9.62. The molecule has 266 valence electrons. The van der Waals surface area contributed by atoms with Crippen LogP contribution >= 0.6 is 23.2 Å². The average molecular weight is 751 g/mol. The van der Waals surface area contributed by atoms with Gasteiger partial charge in [-0.2, -0.15) is 0 Å². The summed E-state index contributed by atoms with van der Waals surface area (Å²) in [4.78, 5) is 49.0. The van der Waals surface area contributed by atoms with Gasteiger partial charge in [0.1, 0.15) is 34.3 Å². The summed E-state index contributed by atoms with van der Waals surface area (Å²) in [6.45, 7) is 0.735. The molecule has 3 heterocycles. The number of carbonyl (C=O) groups is 2. The first kappa shape index (κ1) is 34.7. The molecule has 51 heavy (non-hydrogen) atoms. The molecule has 3 aliphatic carbocycles. The smallest absolute Gasteiger partial charge is 0.341 e. The molecule has 4 aromatic rings. The minimum atomic E-state index is -1.53. The Labute approximate surface area is 293 Å². The molecule has 0 radical (unpaired) electrons. The minimum absolute atomic E-state index is 0.0381. The van der Waals surface area contributed by atoms with E-state index in [0.29, 0.717) is 19.2 Å². The maximum atomic E-state index is 15.2. The Hall–Kier alpha value is -4.73. The Morgan fingerprint density at radius 1 is 0.824 bits per heavy atom. The van der Waals surface area contributed by atoms with Crippen LogP contribution in [0.4, 0.5) is 27.6 Å². The fraction of sp³-hybridized carbons (Fsp3) is 0.294. The van der Waals surface area contributed by atoms with E-state index in [2.05, 4.69) is 0 Å². The Balaban J connectivity index is 0.000000170. The van der Waals surface area contributed by atoms with E-state index in [1.807, 2.05) is 24.3 Å². The summed E-state index contributed by atoms with van der Waals surface area (Å²) in [7, 11) is 0. The molecule has 10 nitrogen and oxygen atoms in total. The zero-order valence-electron chi connectivity index (χ0n) is 25.9. The van der Waals surface area contributed by atoms with E-state index in [0.717, 1.165) is 23.0 Å². The van der Waals surface area contributed by atoms with Crippen LogP contribution in [0.2, 0.25) is 10.0 Å². The number of rotatable bonds is 5. The van der Waals surface area contributed by atoms with Crippen molar-refractivity contribution in [1.82, 2.24) is 9.13 Å². The van der Waals surface area contributed by atoms with Gasteiger partial charge in [-0.25, -0.2) is 31.5 Å². The Kier molecular flexibility index (Phi) is 8.30. The first-order valence-electron chi connectivity index (χ1n) is 15.5. The Bertz CT molecular complexity index is 2400. The van der Waals surface area contributed by atoms with Crippen LogP contribution in [-0.2, 0) is 0 Å². The number of hydrogen-bond donors (Lipinski definition) is 3. The third kappa shape index (κ3) is 5.67. The van der Waals surface area contributed by atoms with Crippen LogP contribution in [0.25, 0.3) is 21.8 Å². The number of carboxylic acid groups (broad SMARTS) is 2. The normalized spacial score (nSPS) is 25.9. The van der Waals surface area contributed by atoms with Crippen LogP contribution < -0.4 is 21.5 Å². The summed E-state index contributed by atoms with van der Waals surface area (Å²) >= 11 is 12.3. The van der Waals surface area contributed by atoms with E-state index in [9.17, 15) is 41.8 Å². The second-order valence-corrected chi connectivity index (χ2v) is 13.7. The third-order valence-corrected chi connectivity index (χ3v) is 10.3. The molecular formula is C34H25Cl2F5N4O6. The molecule has 0 spiro atoms. The van der Waals surface area contributed by atoms with E-state index < -0.39 is 91.7 Å². The van der Waals surface area contributed by atoms with Crippen molar-refractivity contribution in [1.29, 1.82) is 0 Å². The number of nitrogens with two attached hydrogens (primary N) is 1. The maximum absolute atomic E-state index is 15.2. The van der Waals surface area contributed by atoms with Gasteiger partial charge < -0.3 is 30.0 Å².